The van der Waals surface area contributed by atoms with Crippen LogP contribution in [0.2, 0.25) is 0 Å². The average molecular weight is 360 g/mol. The first-order chi connectivity index (χ1) is 11.7. The van der Waals surface area contributed by atoms with Crippen LogP contribution in [0, 0.1) is 17.0 Å². The first kappa shape index (κ1) is 19.1. The van der Waals surface area contributed by atoms with E-state index in [0.717, 1.165) is 0 Å². The number of nitrogens with zero attached hydrogens (tertiary/aromatic N) is 2. The smallest absolute Gasteiger partial charge is 0.350 e. The minimum atomic E-state index is -4.51. The Hall–Kier alpha value is -2.20. The van der Waals surface area contributed by atoms with Crippen molar-refractivity contribution in [1.29, 1.82) is 0 Å². The van der Waals surface area contributed by atoms with Crippen LogP contribution in [0.15, 0.2) is 18.2 Å². The Kier molecular flexibility index (Phi) is 5.96. The van der Waals surface area contributed by atoms with E-state index in [4.69, 9.17) is 0 Å². The average Bonchev–Trinajstić information content (AvgIpc) is 2.54. The summed E-state index contributed by atoms with van der Waals surface area (Å²) in [6.07, 6.45) is -4.51. The number of nitro groups is 1. The summed E-state index contributed by atoms with van der Waals surface area (Å²) in [6, 6.07) is 2.32. The molecule has 0 bridgehead atoms. The largest absolute Gasteiger partial charge is 0.405 e. The molecule has 1 aromatic carbocycles. The number of para-hydroxylation sites is 1. The summed E-state index contributed by atoms with van der Waals surface area (Å²) in [7, 11) is 0. The van der Waals surface area contributed by atoms with Crippen molar-refractivity contribution in [1.82, 2.24) is 15.5 Å². The Bertz CT molecular complexity index is 645. The van der Waals surface area contributed by atoms with Gasteiger partial charge in [0.15, 0.2) is 0 Å². The van der Waals surface area contributed by atoms with Gasteiger partial charge in [-0.15, -0.1) is 0 Å². The highest BCUT2D eigenvalue weighted by Crippen LogP contribution is 2.26. The van der Waals surface area contributed by atoms with Crippen molar-refractivity contribution >= 4 is 11.6 Å². The highest BCUT2D eigenvalue weighted by Gasteiger charge is 2.44. The van der Waals surface area contributed by atoms with Crippen LogP contribution in [-0.2, 0) is 0 Å². The van der Waals surface area contributed by atoms with Crippen molar-refractivity contribution in [3.63, 3.8) is 0 Å². The highest BCUT2D eigenvalue weighted by molar-refractivity contribution is 5.98. The summed E-state index contributed by atoms with van der Waals surface area (Å²) < 4.78 is 39.9. The molecule has 10 heteroatoms. The standard InChI is InChI=1S/C15H19F3N4O3/c1-10-3-2-4-11(13(10)22(24)25)14(23)20-9-12(15(16,17)18)21-7-5-19-6-8-21/h2-4,12,19H,5-9H2,1H3,(H,20,23). The fraction of sp³-hybridized carbons (Fsp3) is 0.533. The lowest BCUT2D eigenvalue weighted by molar-refractivity contribution is -0.385. The maximum absolute atomic E-state index is 13.3. The van der Waals surface area contributed by atoms with Crippen LogP contribution < -0.4 is 10.6 Å². The van der Waals surface area contributed by atoms with Gasteiger partial charge in [0.05, 0.1) is 4.92 Å². The molecule has 2 rings (SSSR count). The molecule has 1 atom stereocenters. The predicted octanol–water partition coefficient (Wildman–Crippen LogP) is 1.47. The lowest BCUT2D eigenvalue weighted by Crippen LogP contribution is -2.57. The number of hydrogen-bond donors (Lipinski definition) is 2. The molecular formula is C15H19F3N4O3. The van der Waals surface area contributed by atoms with Crippen LogP contribution in [-0.4, -0.2) is 60.7 Å². The van der Waals surface area contributed by atoms with E-state index >= 15 is 0 Å². The molecule has 138 valence electrons. The normalized spacial score (nSPS) is 17.1. The maximum atomic E-state index is 13.3. The van der Waals surface area contributed by atoms with E-state index in [9.17, 15) is 28.1 Å². The van der Waals surface area contributed by atoms with Crippen LogP contribution in [0.5, 0.6) is 0 Å². The van der Waals surface area contributed by atoms with Gasteiger partial charge in [-0.1, -0.05) is 12.1 Å². The van der Waals surface area contributed by atoms with E-state index in [1.54, 1.807) is 0 Å². The van der Waals surface area contributed by atoms with Gasteiger partial charge in [-0.3, -0.25) is 19.8 Å². The van der Waals surface area contributed by atoms with E-state index in [-0.39, 0.29) is 24.2 Å². The van der Waals surface area contributed by atoms with Crippen molar-refractivity contribution in [3.8, 4) is 0 Å². The van der Waals surface area contributed by atoms with Gasteiger partial charge in [0, 0.05) is 38.3 Å². The van der Waals surface area contributed by atoms with Gasteiger partial charge in [0.2, 0.25) is 0 Å². The lowest BCUT2D eigenvalue weighted by atomic mass is 10.1. The zero-order valence-electron chi connectivity index (χ0n) is 13.6. The van der Waals surface area contributed by atoms with E-state index in [1.165, 1.54) is 30.0 Å². The molecule has 1 aliphatic rings. The number of amides is 1. The Morgan fingerprint density at radius 2 is 2.04 bits per heavy atom. The van der Waals surface area contributed by atoms with Gasteiger partial charge in [0.25, 0.3) is 11.6 Å². The number of rotatable bonds is 5. The molecule has 0 aliphatic carbocycles. The van der Waals surface area contributed by atoms with E-state index in [2.05, 4.69) is 10.6 Å². The second kappa shape index (κ2) is 7.79. The van der Waals surface area contributed by atoms with E-state index in [0.29, 0.717) is 13.1 Å². The first-order valence-electron chi connectivity index (χ1n) is 7.75. The number of carbonyl (C=O) groups is 1. The second-order valence-electron chi connectivity index (χ2n) is 5.78. The first-order valence-corrected chi connectivity index (χ1v) is 7.75. The third kappa shape index (κ3) is 4.67. The number of alkyl halides is 3. The predicted molar refractivity (Wildman–Crippen MR) is 84.5 cm³/mol. The number of piperazine rings is 1. The summed E-state index contributed by atoms with van der Waals surface area (Å²) in [4.78, 5) is 23.9. The third-order valence-corrected chi connectivity index (χ3v) is 4.09. The fourth-order valence-electron chi connectivity index (χ4n) is 2.81. The Balaban J connectivity index is 2.14. The molecule has 0 spiro atoms. The molecule has 7 nitrogen and oxygen atoms in total. The molecule has 25 heavy (non-hydrogen) atoms. The number of aryl methyl sites for hydroxylation is 1. The summed E-state index contributed by atoms with van der Waals surface area (Å²) in [5.74, 6) is -0.889. The van der Waals surface area contributed by atoms with Crippen LogP contribution in [0.25, 0.3) is 0 Å². The van der Waals surface area contributed by atoms with Gasteiger partial charge in [-0.2, -0.15) is 13.2 Å². The summed E-state index contributed by atoms with van der Waals surface area (Å²) in [5, 5.41) is 16.3. The monoisotopic (exact) mass is 360 g/mol. The molecule has 1 heterocycles. The van der Waals surface area contributed by atoms with E-state index < -0.39 is 35.3 Å². The number of nitro benzene ring substituents is 1. The van der Waals surface area contributed by atoms with Crippen molar-refractivity contribution in [2.24, 2.45) is 0 Å². The highest BCUT2D eigenvalue weighted by atomic mass is 19.4. The zero-order chi connectivity index (χ0) is 18.6. The Morgan fingerprint density at radius 3 is 2.60 bits per heavy atom. The van der Waals surface area contributed by atoms with Gasteiger partial charge in [-0.05, 0) is 13.0 Å². The number of halogens is 3. The van der Waals surface area contributed by atoms with Crippen molar-refractivity contribution < 1.29 is 22.9 Å². The van der Waals surface area contributed by atoms with Crippen LogP contribution in [0.3, 0.4) is 0 Å². The van der Waals surface area contributed by atoms with Crippen LogP contribution in [0.1, 0.15) is 15.9 Å². The van der Waals surface area contributed by atoms with Crippen LogP contribution >= 0.6 is 0 Å². The number of carbonyl (C=O) groups excluding carboxylic acids is 1. The molecule has 0 radical (unpaired) electrons. The van der Waals surface area contributed by atoms with Gasteiger partial charge < -0.3 is 10.6 Å². The minimum absolute atomic E-state index is 0.213. The molecule has 0 aromatic heterocycles. The van der Waals surface area contributed by atoms with Gasteiger partial charge in [-0.25, -0.2) is 0 Å². The zero-order valence-corrected chi connectivity index (χ0v) is 13.6. The lowest BCUT2D eigenvalue weighted by Gasteiger charge is -2.35. The quantitative estimate of drug-likeness (QED) is 0.613. The Morgan fingerprint density at radius 1 is 1.40 bits per heavy atom. The number of nitrogens with one attached hydrogen (secondary N) is 2. The fourth-order valence-corrected chi connectivity index (χ4v) is 2.81. The van der Waals surface area contributed by atoms with Crippen molar-refractivity contribution in [2.75, 3.05) is 32.7 Å². The SMILES string of the molecule is Cc1cccc(C(=O)NCC(N2CCNCC2)C(F)(F)F)c1[N+](=O)[O-]. The second-order valence-corrected chi connectivity index (χ2v) is 5.78. The topological polar surface area (TPSA) is 87.5 Å². The van der Waals surface area contributed by atoms with Crippen LogP contribution in [0.4, 0.5) is 18.9 Å². The summed E-state index contributed by atoms with van der Waals surface area (Å²) in [6.45, 7) is 2.10. The molecule has 2 N–H and O–H groups in total. The molecule has 1 aliphatic heterocycles. The minimum Gasteiger partial charge on any atom is -0.350 e. The maximum Gasteiger partial charge on any atom is 0.405 e. The molecule has 1 unspecified atom stereocenters. The third-order valence-electron chi connectivity index (χ3n) is 4.09. The summed E-state index contributed by atoms with van der Waals surface area (Å²) in [5.41, 5.74) is -0.371. The van der Waals surface area contributed by atoms with Gasteiger partial charge >= 0.3 is 6.18 Å². The Labute approximate surface area is 142 Å². The van der Waals surface area contributed by atoms with E-state index in [1.807, 2.05) is 0 Å². The molecule has 1 saturated heterocycles. The number of hydrogen-bond acceptors (Lipinski definition) is 5. The van der Waals surface area contributed by atoms with Crippen molar-refractivity contribution in [3.05, 3.63) is 39.4 Å². The molecule has 1 fully saturated rings. The summed E-state index contributed by atoms with van der Waals surface area (Å²) >= 11 is 0. The molecular weight excluding hydrogens is 341 g/mol. The molecule has 1 amide bonds. The molecule has 1 aromatic rings. The van der Waals surface area contributed by atoms with Crippen molar-refractivity contribution in [2.45, 2.75) is 19.1 Å². The molecule has 0 saturated carbocycles. The van der Waals surface area contributed by atoms with Gasteiger partial charge in [0.1, 0.15) is 11.6 Å². The number of benzene rings is 1.